The van der Waals surface area contributed by atoms with Gasteiger partial charge >= 0.3 is 124 Å². The van der Waals surface area contributed by atoms with Gasteiger partial charge in [0.25, 0.3) is 0 Å². The van der Waals surface area contributed by atoms with Gasteiger partial charge in [-0.3, -0.25) is 0 Å². The minimum atomic E-state index is -0.915. The van der Waals surface area contributed by atoms with E-state index in [9.17, 15) is 15.0 Å². The summed E-state index contributed by atoms with van der Waals surface area (Å²) in [6, 6.07) is 31.7. The fourth-order valence-corrected chi connectivity index (χ4v) is 5.67. The first-order valence-corrected chi connectivity index (χ1v) is 18.5. The van der Waals surface area contributed by atoms with Gasteiger partial charge in [-0.15, -0.1) is 0 Å². The Morgan fingerprint density at radius 1 is 0.647 bits per heavy atom. The van der Waals surface area contributed by atoms with Crippen LogP contribution in [0.1, 0.15) is 49.9 Å². The summed E-state index contributed by atoms with van der Waals surface area (Å²) in [5.74, 6) is 2.78. The SMILES string of the molecule is [CH2]=[Cr][C](=O)OCC(O)COc1ccc(C(C)(C)c2ccc(OCC(O)COc3ccc(C(C)(C)c4ccc(OCC5CO5)cc4)cc3)cc2)cc1. The quantitative estimate of drug-likeness (QED) is 0.107. The molecule has 10 heteroatoms. The number of carbonyl (C=O) groups excluding carboxylic acids is 1. The summed E-state index contributed by atoms with van der Waals surface area (Å²) < 4.78 is 33.3. The maximum absolute atomic E-state index is 11.2. The molecule has 5 rings (SSSR count). The zero-order valence-corrected chi connectivity index (χ0v) is 30.9. The molecule has 271 valence electrons. The van der Waals surface area contributed by atoms with E-state index in [-0.39, 0.29) is 43.4 Å². The van der Waals surface area contributed by atoms with Crippen molar-refractivity contribution in [3.05, 3.63) is 119 Å². The molecule has 4 aromatic rings. The van der Waals surface area contributed by atoms with Crippen LogP contribution in [0.3, 0.4) is 0 Å². The van der Waals surface area contributed by atoms with Crippen LogP contribution >= 0.6 is 0 Å². The van der Waals surface area contributed by atoms with E-state index in [1.807, 2.05) is 72.8 Å². The molecule has 3 atom stereocenters. The third kappa shape index (κ3) is 10.9. The predicted octanol–water partition coefficient (Wildman–Crippen LogP) is 6.33. The van der Waals surface area contributed by atoms with Crippen molar-refractivity contribution in [1.82, 2.24) is 0 Å². The van der Waals surface area contributed by atoms with Crippen molar-refractivity contribution in [3.8, 4) is 23.0 Å². The van der Waals surface area contributed by atoms with E-state index in [0.717, 1.165) is 29.0 Å². The molecular weight excluding hydrogens is 688 g/mol. The number of benzene rings is 4. The molecule has 0 aromatic heterocycles. The van der Waals surface area contributed by atoms with Gasteiger partial charge in [-0.25, -0.2) is 0 Å². The van der Waals surface area contributed by atoms with Gasteiger partial charge in [0.15, 0.2) is 0 Å². The first kappa shape index (κ1) is 38.1. The van der Waals surface area contributed by atoms with Crippen LogP contribution < -0.4 is 18.9 Å². The van der Waals surface area contributed by atoms with Crippen molar-refractivity contribution >= 4 is 10.2 Å². The first-order chi connectivity index (χ1) is 24.4. The number of ether oxygens (including phenoxy) is 6. The summed E-state index contributed by atoms with van der Waals surface area (Å²) >= 11 is -0.500. The fourth-order valence-electron chi connectivity index (χ4n) is 5.44. The first-order valence-electron chi connectivity index (χ1n) is 16.9. The second-order valence-corrected chi connectivity index (χ2v) is 14.5. The molecule has 0 saturated carbocycles. The fraction of sp³-hybridized carbons (Fsp3) is 0.366. The normalized spacial score (nSPS) is 15.3. The predicted molar refractivity (Wildman–Crippen MR) is 192 cm³/mol. The molecule has 0 bridgehead atoms. The van der Waals surface area contributed by atoms with Gasteiger partial charge in [-0.1, -0.05) is 50.2 Å². The molecule has 4 aromatic carbocycles. The van der Waals surface area contributed by atoms with E-state index >= 15 is 0 Å². The molecule has 1 heterocycles. The summed E-state index contributed by atoms with van der Waals surface area (Å²) in [5, 5.41) is 24.1. The van der Waals surface area contributed by atoms with Crippen LogP contribution in [-0.4, -0.2) is 78.4 Å². The third-order valence-electron chi connectivity index (χ3n) is 8.98. The molecule has 9 nitrogen and oxygen atoms in total. The summed E-state index contributed by atoms with van der Waals surface area (Å²) in [5.41, 5.74) is 3.98. The van der Waals surface area contributed by atoms with Crippen LogP contribution in [0.15, 0.2) is 97.1 Å². The molecule has 1 saturated heterocycles. The zero-order chi connectivity index (χ0) is 36.4. The number of aliphatic hydroxyl groups is 2. The number of aliphatic hydroxyl groups excluding tert-OH is 2. The van der Waals surface area contributed by atoms with Crippen LogP contribution in [0, 0.1) is 0 Å². The molecule has 2 N–H and O–H groups in total. The number of hydrogen-bond acceptors (Lipinski definition) is 9. The Balaban J connectivity index is 1.05. The van der Waals surface area contributed by atoms with Crippen molar-refractivity contribution in [2.24, 2.45) is 0 Å². The molecule has 1 fully saturated rings. The number of rotatable bonds is 19. The zero-order valence-electron chi connectivity index (χ0n) is 29.6. The van der Waals surface area contributed by atoms with Crippen LogP contribution in [0.5, 0.6) is 23.0 Å². The monoisotopic (exact) mass is 735 g/mol. The molecule has 0 spiro atoms. The van der Waals surface area contributed by atoms with Gasteiger partial charge in [0.05, 0.1) is 6.61 Å². The van der Waals surface area contributed by atoms with Crippen molar-refractivity contribution in [2.75, 3.05) is 39.6 Å². The van der Waals surface area contributed by atoms with E-state index in [4.69, 9.17) is 28.4 Å². The summed E-state index contributed by atoms with van der Waals surface area (Å²) in [4.78, 5) is 10.8. The van der Waals surface area contributed by atoms with Gasteiger partial charge in [0.1, 0.15) is 49.3 Å². The molecule has 51 heavy (non-hydrogen) atoms. The van der Waals surface area contributed by atoms with E-state index in [1.165, 1.54) is 5.56 Å². The van der Waals surface area contributed by atoms with Crippen LogP contribution in [-0.2, 0) is 35.1 Å². The number of hydrogen-bond donors (Lipinski definition) is 2. The molecule has 0 amide bonds. The van der Waals surface area contributed by atoms with Crippen molar-refractivity contribution < 1.29 is 58.2 Å². The van der Waals surface area contributed by atoms with Gasteiger partial charge < -0.3 is 24.1 Å². The number of epoxide rings is 1. The molecule has 1 aliphatic heterocycles. The Morgan fingerprint density at radius 3 is 1.27 bits per heavy atom. The molecule has 1 aliphatic rings. The second kappa shape index (κ2) is 17.4. The van der Waals surface area contributed by atoms with Crippen LogP contribution in [0.4, 0.5) is 4.79 Å². The number of carbonyl (C=O) groups is 1. The van der Waals surface area contributed by atoms with E-state index in [2.05, 4.69) is 57.3 Å². The Kier molecular flexibility index (Phi) is 13.0. The molecule has 0 aliphatic carbocycles. The van der Waals surface area contributed by atoms with E-state index in [1.54, 1.807) is 0 Å². The molecule has 0 radical (unpaired) electrons. The second-order valence-electron chi connectivity index (χ2n) is 13.6. The maximum atomic E-state index is 11.2. The topological polar surface area (TPSA) is 116 Å². The van der Waals surface area contributed by atoms with Crippen LogP contribution in [0.2, 0.25) is 0 Å². The van der Waals surface area contributed by atoms with Gasteiger partial charge in [-0.2, -0.15) is 0 Å². The Bertz CT molecular complexity index is 1700. The van der Waals surface area contributed by atoms with Crippen LogP contribution in [0.25, 0.3) is 0 Å². The third-order valence-corrected chi connectivity index (χ3v) is 9.53. The average Bonchev–Trinajstić information content (AvgIpc) is 3.99. The Labute approximate surface area is 306 Å². The molecular formula is C41H47CrO9. The molecule has 3 unspecified atom stereocenters. The summed E-state index contributed by atoms with van der Waals surface area (Å²) in [6.07, 6.45) is -1.50. The van der Waals surface area contributed by atoms with Gasteiger partial charge in [0, 0.05) is 5.41 Å². The standard InChI is InChI=1S/C40H45O9.CH2.Cr/c1-39(2,28-5-13-34(14-6-28)45-22-32(42)21-44-27-41)29-7-15-35(16-8-29)46-23-33(43)24-47-36-17-9-30(10-18-36)40(3,4)31-11-19-37(20-12-31)48-25-38-26-49-38;;/h5-20,32-33,38,42-43H,21-26H2,1-4H3;1H2;. The Hall–Kier alpha value is -4.17. The average molecular weight is 736 g/mol. The minimum absolute atomic E-state index is 0.0125. The van der Waals surface area contributed by atoms with Gasteiger partial charge in [0.2, 0.25) is 0 Å². The van der Waals surface area contributed by atoms with E-state index < -0.39 is 31.8 Å². The summed E-state index contributed by atoms with van der Waals surface area (Å²) in [7, 11) is 0. The van der Waals surface area contributed by atoms with Gasteiger partial charge in [-0.05, 0) is 47.5 Å². The van der Waals surface area contributed by atoms with Crippen molar-refractivity contribution in [1.29, 1.82) is 0 Å². The van der Waals surface area contributed by atoms with E-state index in [0.29, 0.717) is 23.9 Å². The summed E-state index contributed by atoms with van der Waals surface area (Å²) in [6.45, 7) is 10.1. The Morgan fingerprint density at radius 2 is 0.961 bits per heavy atom. The van der Waals surface area contributed by atoms with Crippen molar-refractivity contribution in [3.63, 3.8) is 0 Å². The van der Waals surface area contributed by atoms with Crippen molar-refractivity contribution in [2.45, 2.75) is 56.8 Å².